The predicted molar refractivity (Wildman–Crippen MR) is 136 cm³/mol. The molecule has 3 aromatic carbocycles. The van der Waals surface area contributed by atoms with E-state index in [-0.39, 0.29) is 29.9 Å². The van der Waals surface area contributed by atoms with Gasteiger partial charge in [0.15, 0.2) is 6.29 Å². The number of hydrogen-bond donors (Lipinski definition) is 0. The van der Waals surface area contributed by atoms with Crippen LogP contribution in [0.3, 0.4) is 0 Å². The number of hydrogen-bond acceptors (Lipinski definition) is 6. The van der Waals surface area contributed by atoms with Crippen molar-refractivity contribution in [2.75, 3.05) is 13.2 Å². The van der Waals surface area contributed by atoms with Gasteiger partial charge in [0.05, 0.1) is 19.8 Å². The Labute approximate surface area is 211 Å². The Hall–Kier alpha value is -2.45. The van der Waals surface area contributed by atoms with Crippen LogP contribution in [0.15, 0.2) is 109 Å². The van der Waals surface area contributed by atoms with Gasteiger partial charge in [-0.1, -0.05) is 96.7 Å². The molecule has 2 heterocycles. The first-order valence-electron chi connectivity index (χ1n) is 11.9. The second-order valence-electron chi connectivity index (χ2n) is 8.50. The molecule has 2 fully saturated rings. The predicted octanol–water partition coefficient (Wildman–Crippen LogP) is 5.77. The molecule has 5 rings (SSSR count). The molecule has 2 saturated heterocycles. The lowest BCUT2D eigenvalue weighted by Crippen LogP contribution is -2.62. The van der Waals surface area contributed by atoms with Gasteiger partial charge in [-0.2, -0.15) is 0 Å². The fourth-order valence-corrected chi connectivity index (χ4v) is 5.51. The van der Waals surface area contributed by atoms with Crippen molar-refractivity contribution in [3.8, 4) is 0 Å². The van der Waals surface area contributed by atoms with E-state index in [4.69, 9.17) is 23.7 Å². The van der Waals surface area contributed by atoms with E-state index in [9.17, 15) is 0 Å². The van der Waals surface area contributed by atoms with E-state index in [1.54, 1.807) is 17.8 Å². The zero-order valence-corrected chi connectivity index (χ0v) is 20.3. The Bertz CT molecular complexity index is 1050. The lowest BCUT2D eigenvalue weighted by Gasteiger charge is -2.49. The van der Waals surface area contributed by atoms with E-state index in [1.807, 2.05) is 66.7 Å². The van der Waals surface area contributed by atoms with Crippen LogP contribution >= 0.6 is 11.8 Å². The average molecular weight is 491 g/mol. The summed E-state index contributed by atoms with van der Waals surface area (Å²) in [5.74, 6) is 0. The topological polar surface area (TPSA) is 46.2 Å². The highest BCUT2D eigenvalue weighted by Gasteiger charge is 2.51. The summed E-state index contributed by atoms with van der Waals surface area (Å²) in [6.45, 7) is 5.10. The van der Waals surface area contributed by atoms with Gasteiger partial charge in [0.25, 0.3) is 0 Å². The molecule has 0 radical (unpaired) electrons. The molecule has 3 aromatic rings. The van der Waals surface area contributed by atoms with E-state index in [2.05, 4.69) is 30.8 Å². The highest BCUT2D eigenvalue weighted by molar-refractivity contribution is 7.99. The number of rotatable bonds is 9. The fourth-order valence-electron chi connectivity index (χ4n) is 4.37. The van der Waals surface area contributed by atoms with Crippen LogP contribution in [-0.4, -0.2) is 43.1 Å². The first kappa shape index (κ1) is 24.3. The Morgan fingerprint density at radius 2 is 1.51 bits per heavy atom. The van der Waals surface area contributed by atoms with Crippen molar-refractivity contribution in [3.63, 3.8) is 0 Å². The van der Waals surface area contributed by atoms with Crippen LogP contribution in [0.25, 0.3) is 0 Å². The summed E-state index contributed by atoms with van der Waals surface area (Å²) in [6, 6.07) is 30.3. The monoisotopic (exact) mass is 490 g/mol. The molecular formula is C29H30O5S. The highest BCUT2D eigenvalue weighted by atomic mass is 32.2. The minimum atomic E-state index is -0.482. The van der Waals surface area contributed by atoms with Crippen molar-refractivity contribution in [2.24, 2.45) is 0 Å². The third kappa shape index (κ3) is 6.04. The van der Waals surface area contributed by atoms with Gasteiger partial charge < -0.3 is 23.7 Å². The van der Waals surface area contributed by atoms with Crippen molar-refractivity contribution in [2.45, 2.75) is 47.6 Å². The Balaban J connectivity index is 1.41. The van der Waals surface area contributed by atoms with Gasteiger partial charge >= 0.3 is 0 Å². The molecule has 0 bridgehead atoms. The lowest BCUT2D eigenvalue weighted by atomic mass is 9.98. The van der Waals surface area contributed by atoms with Gasteiger partial charge in [-0.25, -0.2) is 0 Å². The number of ether oxygens (including phenoxy) is 5. The van der Waals surface area contributed by atoms with Crippen molar-refractivity contribution >= 4 is 11.8 Å². The Kier molecular flexibility index (Phi) is 8.31. The van der Waals surface area contributed by atoms with Gasteiger partial charge in [-0.3, -0.25) is 0 Å². The van der Waals surface area contributed by atoms with Gasteiger partial charge in [-0.05, 0) is 17.7 Å². The standard InChI is InChI=1S/C29H30O5S/c1-2-18-30-26-25-24(20-32-28(34-25)22-14-8-4-9-15-22)33-29(35-23-16-10-5-11-17-23)27(26)31-19-21-12-6-3-7-13-21/h2-17,24-29H,1,18-20H2/t24-,25-,26+,27+,28-,29-/m1/s1. The van der Waals surface area contributed by atoms with Gasteiger partial charge in [0.2, 0.25) is 0 Å². The first-order valence-corrected chi connectivity index (χ1v) is 12.8. The highest BCUT2D eigenvalue weighted by Crippen LogP contribution is 2.41. The molecular weight excluding hydrogens is 460 g/mol. The molecule has 5 nitrogen and oxygen atoms in total. The second kappa shape index (κ2) is 12.0. The normalized spacial score (nSPS) is 28.2. The molecule has 35 heavy (non-hydrogen) atoms. The van der Waals surface area contributed by atoms with Crippen LogP contribution < -0.4 is 0 Å². The van der Waals surface area contributed by atoms with Crippen molar-refractivity contribution in [3.05, 3.63) is 115 Å². The largest absolute Gasteiger partial charge is 0.368 e. The fraction of sp³-hybridized carbons (Fsp3) is 0.310. The summed E-state index contributed by atoms with van der Waals surface area (Å²) in [4.78, 5) is 1.10. The Morgan fingerprint density at radius 3 is 2.23 bits per heavy atom. The third-order valence-electron chi connectivity index (χ3n) is 6.04. The van der Waals surface area contributed by atoms with Gasteiger partial charge in [0.1, 0.15) is 29.9 Å². The number of benzene rings is 3. The minimum Gasteiger partial charge on any atom is -0.368 e. The maximum atomic E-state index is 6.57. The molecule has 0 saturated carbocycles. The van der Waals surface area contributed by atoms with Crippen LogP contribution in [0.2, 0.25) is 0 Å². The Morgan fingerprint density at radius 1 is 0.829 bits per heavy atom. The van der Waals surface area contributed by atoms with E-state index < -0.39 is 6.29 Å². The summed E-state index contributed by atoms with van der Waals surface area (Å²) in [5, 5.41) is 0. The summed E-state index contributed by atoms with van der Waals surface area (Å²) in [7, 11) is 0. The molecule has 6 heteroatoms. The summed E-state index contributed by atoms with van der Waals surface area (Å²) in [5.41, 5.74) is 1.77. The van der Waals surface area contributed by atoms with Crippen LogP contribution in [0.5, 0.6) is 0 Å². The molecule has 0 unspecified atom stereocenters. The summed E-state index contributed by atoms with van der Waals surface area (Å²) in [6.07, 6.45) is -0.0664. The van der Waals surface area contributed by atoms with Crippen molar-refractivity contribution < 1.29 is 23.7 Å². The molecule has 2 aliphatic heterocycles. The summed E-state index contributed by atoms with van der Waals surface area (Å²) >= 11 is 1.63. The molecule has 0 aliphatic carbocycles. The van der Waals surface area contributed by atoms with Crippen LogP contribution in [0, 0.1) is 0 Å². The molecule has 0 aromatic heterocycles. The third-order valence-corrected chi connectivity index (χ3v) is 7.20. The van der Waals surface area contributed by atoms with Gasteiger partial charge in [0, 0.05) is 10.5 Å². The molecule has 6 atom stereocenters. The maximum absolute atomic E-state index is 6.57. The van der Waals surface area contributed by atoms with Crippen molar-refractivity contribution in [1.82, 2.24) is 0 Å². The minimum absolute atomic E-state index is 0.275. The molecule has 182 valence electrons. The van der Waals surface area contributed by atoms with E-state index in [1.165, 1.54) is 0 Å². The van der Waals surface area contributed by atoms with Crippen molar-refractivity contribution in [1.29, 1.82) is 0 Å². The first-order chi connectivity index (χ1) is 17.3. The van der Waals surface area contributed by atoms with E-state index >= 15 is 0 Å². The van der Waals surface area contributed by atoms with E-state index in [0.717, 1.165) is 16.0 Å². The second-order valence-corrected chi connectivity index (χ2v) is 9.67. The van der Waals surface area contributed by atoms with Crippen LogP contribution in [-0.2, 0) is 30.3 Å². The molecule has 0 N–H and O–H groups in total. The maximum Gasteiger partial charge on any atom is 0.184 e. The molecule has 2 aliphatic rings. The van der Waals surface area contributed by atoms with Crippen LogP contribution in [0.1, 0.15) is 17.4 Å². The zero-order valence-electron chi connectivity index (χ0n) is 19.5. The van der Waals surface area contributed by atoms with E-state index in [0.29, 0.717) is 19.8 Å². The summed E-state index contributed by atoms with van der Waals surface area (Å²) < 4.78 is 32.0. The number of fused-ring (bicyclic) bond motifs is 1. The quantitative estimate of drug-likeness (QED) is 0.355. The zero-order chi connectivity index (χ0) is 23.9. The lowest BCUT2D eigenvalue weighted by molar-refractivity contribution is -0.327. The smallest absolute Gasteiger partial charge is 0.184 e. The number of thioether (sulfide) groups is 1. The van der Waals surface area contributed by atoms with Gasteiger partial charge in [-0.15, -0.1) is 6.58 Å². The van der Waals surface area contributed by atoms with Crippen LogP contribution in [0.4, 0.5) is 0 Å². The average Bonchev–Trinajstić information content (AvgIpc) is 2.92. The SMILES string of the molecule is C=CCO[C@@H]1[C@H](OCc2ccccc2)[C@@H](Sc2ccccc2)O[C@@H]2CO[C@@H](c3ccccc3)O[C@@H]12. The molecule has 0 spiro atoms. The molecule has 0 amide bonds.